The van der Waals surface area contributed by atoms with Gasteiger partial charge in [-0.15, -0.1) is 0 Å². The van der Waals surface area contributed by atoms with Crippen LogP contribution >= 0.6 is 0 Å². The predicted octanol–water partition coefficient (Wildman–Crippen LogP) is 1.55. The Bertz CT molecular complexity index is 629. The number of likely N-dealkylation sites (N-methyl/N-ethyl adjacent to an activating group) is 1. The molecule has 0 amide bonds. The third kappa shape index (κ3) is 2.23. The highest BCUT2D eigenvalue weighted by Crippen LogP contribution is 2.44. The molecule has 1 aromatic rings. The molecular formula is C16H20N2O4. The van der Waals surface area contributed by atoms with Gasteiger partial charge in [-0.1, -0.05) is 17.3 Å². The van der Waals surface area contributed by atoms with E-state index >= 15 is 0 Å². The van der Waals surface area contributed by atoms with Gasteiger partial charge in [0.15, 0.2) is 0 Å². The molecule has 118 valence electrons. The molecule has 0 unspecified atom stereocenters. The zero-order valence-corrected chi connectivity index (χ0v) is 12.7. The van der Waals surface area contributed by atoms with E-state index in [1.807, 2.05) is 13.1 Å². The molecule has 6 nitrogen and oxygen atoms in total. The van der Waals surface area contributed by atoms with Crippen LogP contribution in [0.25, 0.3) is 0 Å². The number of rotatable bonds is 1. The highest BCUT2D eigenvalue weighted by atomic mass is 16.5. The number of ether oxygens (including phenoxy) is 1. The van der Waals surface area contributed by atoms with E-state index in [2.05, 4.69) is 10.1 Å². The van der Waals surface area contributed by atoms with Gasteiger partial charge in [-0.25, -0.2) is 0 Å². The van der Waals surface area contributed by atoms with Crippen LogP contribution in [0.15, 0.2) is 23.4 Å². The molecular weight excluding hydrogens is 284 g/mol. The number of likely N-dealkylation sites (tertiary alicyclic amines) is 1. The Morgan fingerprint density at radius 3 is 2.91 bits per heavy atom. The van der Waals surface area contributed by atoms with Crippen molar-refractivity contribution in [2.75, 3.05) is 20.7 Å². The van der Waals surface area contributed by atoms with Crippen LogP contribution in [0.3, 0.4) is 0 Å². The van der Waals surface area contributed by atoms with Gasteiger partial charge in [0.2, 0.25) is 0 Å². The van der Waals surface area contributed by atoms with E-state index in [4.69, 9.17) is 4.74 Å². The molecule has 0 bridgehead atoms. The summed E-state index contributed by atoms with van der Waals surface area (Å²) in [5.41, 5.74) is 2.03. The molecule has 1 fully saturated rings. The lowest BCUT2D eigenvalue weighted by molar-refractivity contribution is -0.148. The van der Waals surface area contributed by atoms with Crippen molar-refractivity contribution in [2.24, 2.45) is 11.1 Å². The van der Waals surface area contributed by atoms with Crippen LogP contribution in [0.1, 0.15) is 29.9 Å². The number of oxime groups is 1. The van der Waals surface area contributed by atoms with Crippen molar-refractivity contribution in [1.82, 2.24) is 4.90 Å². The average Bonchev–Trinajstić information content (AvgIpc) is 2.53. The van der Waals surface area contributed by atoms with E-state index in [1.165, 1.54) is 7.11 Å². The Morgan fingerprint density at radius 2 is 2.23 bits per heavy atom. The number of phenolic OH excluding ortho intramolecular Hbond substituents is 1. The van der Waals surface area contributed by atoms with Crippen molar-refractivity contribution in [2.45, 2.75) is 24.8 Å². The Morgan fingerprint density at radius 1 is 1.45 bits per heavy atom. The summed E-state index contributed by atoms with van der Waals surface area (Å²) in [7, 11) is 3.38. The van der Waals surface area contributed by atoms with Crippen LogP contribution in [0.5, 0.6) is 5.75 Å². The Kier molecular flexibility index (Phi) is 3.78. The lowest BCUT2D eigenvalue weighted by atomic mass is 9.71. The molecule has 1 aromatic carbocycles. The standard InChI is InChI=1S/C16H20N2O4/c1-18-8-9(16(20)22-2)6-11-10-4-3-5-14(19)15(10)12(17-21)7-13(11)18/h3-5,9,11,13,19,21H,6-8H2,1-2H3/b17-12+/t9-,11-,13-/m1/s1. The number of fused-ring (bicyclic) bond motifs is 3. The van der Waals surface area contributed by atoms with Crippen LogP contribution in [-0.4, -0.2) is 53.6 Å². The van der Waals surface area contributed by atoms with Crippen molar-refractivity contribution >= 4 is 11.7 Å². The molecule has 1 saturated heterocycles. The molecule has 1 aliphatic carbocycles. The topological polar surface area (TPSA) is 82.4 Å². The van der Waals surface area contributed by atoms with E-state index in [-0.39, 0.29) is 29.6 Å². The predicted molar refractivity (Wildman–Crippen MR) is 80.3 cm³/mol. The molecule has 1 aliphatic heterocycles. The van der Waals surface area contributed by atoms with Gasteiger partial charge in [0.05, 0.1) is 18.7 Å². The van der Waals surface area contributed by atoms with Gasteiger partial charge in [-0.2, -0.15) is 0 Å². The fourth-order valence-corrected chi connectivity index (χ4v) is 3.87. The SMILES string of the molecule is COC(=O)[C@@H]1C[C@@H]2c3cccc(O)c3/C(=N/O)C[C@H]2N(C)C1. The van der Waals surface area contributed by atoms with Crippen LogP contribution in [-0.2, 0) is 9.53 Å². The summed E-state index contributed by atoms with van der Waals surface area (Å²) >= 11 is 0. The van der Waals surface area contributed by atoms with E-state index in [0.717, 1.165) is 5.56 Å². The molecule has 3 atom stereocenters. The number of hydrogen-bond donors (Lipinski definition) is 2. The van der Waals surface area contributed by atoms with Gasteiger partial charge in [-0.3, -0.25) is 4.79 Å². The van der Waals surface area contributed by atoms with Crippen LogP contribution < -0.4 is 0 Å². The van der Waals surface area contributed by atoms with Crippen LogP contribution in [0.4, 0.5) is 0 Å². The maximum atomic E-state index is 11.9. The van der Waals surface area contributed by atoms with Gasteiger partial charge in [0.1, 0.15) is 5.75 Å². The highest BCUT2D eigenvalue weighted by molar-refractivity contribution is 6.05. The largest absolute Gasteiger partial charge is 0.507 e. The summed E-state index contributed by atoms with van der Waals surface area (Å²) in [5.74, 6) is -0.158. The number of nitrogens with zero attached hydrogens (tertiary/aromatic N) is 2. The number of piperidine rings is 1. The van der Waals surface area contributed by atoms with Crippen molar-refractivity contribution in [3.63, 3.8) is 0 Å². The van der Waals surface area contributed by atoms with E-state index in [0.29, 0.717) is 30.7 Å². The monoisotopic (exact) mass is 304 g/mol. The van der Waals surface area contributed by atoms with Gasteiger partial charge >= 0.3 is 5.97 Å². The second kappa shape index (κ2) is 5.61. The molecule has 22 heavy (non-hydrogen) atoms. The Labute approximate surface area is 129 Å². The molecule has 0 radical (unpaired) electrons. The second-order valence-corrected chi connectivity index (χ2v) is 6.06. The summed E-state index contributed by atoms with van der Waals surface area (Å²) < 4.78 is 4.89. The molecule has 1 heterocycles. The van der Waals surface area contributed by atoms with E-state index < -0.39 is 0 Å². The lowest BCUT2D eigenvalue weighted by Crippen LogP contribution is -2.50. The third-order valence-corrected chi connectivity index (χ3v) is 4.90. The van der Waals surface area contributed by atoms with Crippen molar-refractivity contribution in [3.8, 4) is 5.75 Å². The maximum absolute atomic E-state index is 11.9. The summed E-state index contributed by atoms with van der Waals surface area (Å²) in [5, 5.41) is 22.8. The van der Waals surface area contributed by atoms with Crippen LogP contribution in [0, 0.1) is 5.92 Å². The first-order chi connectivity index (χ1) is 10.6. The first-order valence-electron chi connectivity index (χ1n) is 7.38. The van der Waals surface area contributed by atoms with Crippen LogP contribution in [0.2, 0.25) is 0 Å². The smallest absolute Gasteiger partial charge is 0.309 e. The lowest BCUT2D eigenvalue weighted by Gasteiger charge is -2.45. The van der Waals surface area contributed by atoms with Gasteiger partial charge in [-0.05, 0) is 25.1 Å². The molecule has 2 N–H and O–H groups in total. The molecule has 0 aromatic heterocycles. The number of esters is 1. The number of carbonyl (C=O) groups excluding carboxylic acids is 1. The normalized spacial score (nSPS) is 29.7. The van der Waals surface area contributed by atoms with Crippen molar-refractivity contribution < 1.29 is 19.8 Å². The average molecular weight is 304 g/mol. The maximum Gasteiger partial charge on any atom is 0.309 e. The Hall–Kier alpha value is -2.08. The summed E-state index contributed by atoms with van der Waals surface area (Å²) in [6, 6.07) is 5.47. The fourth-order valence-electron chi connectivity index (χ4n) is 3.87. The summed E-state index contributed by atoms with van der Waals surface area (Å²) in [6.45, 7) is 0.626. The number of methoxy groups -OCH3 is 1. The van der Waals surface area contributed by atoms with Gasteiger partial charge in [0.25, 0.3) is 0 Å². The minimum atomic E-state index is -0.200. The summed E-state index contributed by atoms with van der Waals surface area (Å²) in [4.78, 5) is 14.0. The van der Waals surface area contributed by atoms with E-state index in [1.54, 1.807) is 12.1 Å². The minimum absolute atomic E-state index is 0.107. The number of carbonyl (C=O) groups is 1. The zero-order valence-electron chi connectivity index (χ0n) is 12.7. The third-order valence-electron chi connectivity index (χ3n) is 4.90. The number of benzene rings is 1. The number of phenols is 1. The second-order valence-electron chi connectivity index (χ2n) is 6.06. The molecule has 0 spiro atoms. The van der Waals surface area contributed by atoms with E-state index in [9.17, 15) is 15.1 Å². The fraction of sp³-hybridized carbons (Fsp3) is 0.500. The van der Waals surface area contributed by atoms with Crippen molar-refractivity contribution in [1.29, 1.82) is 0 Å². The first kappa shape index (κ1) is 14.8. The molecule has 3 rings (SSSR count). The number of aromatic hydroxyl groups is 1. The first-order valence-corrected chi connectivity index (χ1v) is 7.38. The molecule has 0 saturated carbocycles. The quantitative estimate of drug-likeness (QED) is 0.467. The number of hydrogen-bond acceptors (Lipinski definition) is 6. The minimum Gasteiger partial charge on any atom is -0.507 e. The zero-order chi connectivity index (χ0) is 15.9. The molecule has 6 heteroatoms. The van der Waals surface area contributed by atoms with Gasteiger partial charge < -0.3 is 20.0 Å². The van der Waals surface area contributed by atoms with Gasteiger partial charge in [0, 0.05) is 30.5 Å². The summed E-state index contributed by atoms with van der Waals surface area (Å²) in [6.07, 6.45) is 1.23. The Balaban J connectivity index is 2.04. The highest BCUT2D eigenvalue weighted by Gasteiger charge is 2.43. The molecule has 2 aliphatic rings. The van der Waals surface area contributed by atoms with Crippen molar-refractivity contribution in [3.05, 3.63) is 29.3 Å².